The summed E-state index contributed by atoms with van der Waals surface area (Å²) in [6.07, 6.45) is 0.0540. The number of hydrogen-bond donors (Lipinski definition) is 0. The van der Waals surface area contributed by atoms with E-state index >= 15 is 0 Å². The van der Waals surface area contributed by atoms with Crippen LogP contribution in [-0.2, 0) is 9.47 Å². The molecule has 1 fully saturated rings. The molecule has 0 aromatic carbocycles. The molecule has 2 nitrogen and oxygen atoms in total. The van der Waals surface area contributed by atoms with Gasteiger partial charge in [-0.05, 0) is 0 Å². The molecule has 1 heterocycles. The van der Waals surface area contributed by atoms with E-state index in [1.807, 2.05) is 0 Å². The van der Waals surface area contributed by atoms with E-state index in [2.05, 4.69) is 0 Å². The third-order valence-corrected chi connectivity index (χ3v) is 2.03. The van der Waals surface area contributed by atoms with Gasteiger partial charge in [0, 0.05) is 0 Å². The van der Waals surface area contributed by atoms with Crippen LogP contribution in [-0.4, -0.2) is 37.2 Å². The van der Waals surface area contributed by atoms with Gasteiger partial charge in [-0.2, -0.15) is 0 Å². The average molecular weight is 185 g/mol. The molecule has 0 radical (unpaired) electrons. The van der Waals surface area contributed by atoms with E-state index < -0.39 is 0 Å². The van der Waals surface area contributed by atoms with Gasteiger partial charge >= 0.3 is 0 Å². The molecule has 2 atom stereocenters. The molecule has 0 amide bonds. The second kappa shape index (κ2) is 4.39. The van der Waals surface area contributed by atoms with Crippen LogP contribution >= 0.6 is 23.2 Å². The Kier molecular flexibility index (Phi) is 3.78. The quantitative estimate of drug-likeness (QED) is 0.602. The van der Waals surface area contributed by atoms with Gasteiger partial charge in [-0.15, -0.1) is 23.2 Å². The molecule has 1 rings (SSSR count). The highest BCUT2D eigenvalue weighted by Gasteiger charge is 2.20. The third kappa shape index (κ3) is 2.27. The minimum atomic E-state index is 0.0270. The fourth-order valence-corrected chi connectivity index (χ4v) is 1.17. The lowest BCUT2D eigenvalue weighted by molar-refractivity contribution is -0.120. The number of halogens is 2. The SMILES string of the molecule is ClC[C@@H]1COC[C@@H](CCl)O1. The van der Waals surface area contributed by atoms with Gasteiger partial charge in [0.2, 0.25) is 0 Å². The lowest BCUT2D eigenvalue weighted by atomic mass is 10.3. The highest BCUT2D eigenvalue weighted by molar-refractivity contribution is 6.18. The van der Waals surface area contributed by atoms with Crippen molar-refractivity contribution in [3.63, 3.8) is 0 Å². The van der Waals surface area contributed by atoms with Gasteiger partial charge in [0.1, 0.15) is 0 Å². The van der Waals surface area contributed by atoms with Crippen LogP contribution in [0, 0.1) is 0 Å². The maximum atomic E-state index is 5.55. The van der Waals surface area contributed by atoms with Crippen LogP contribution in [0.4, 0.5) is 0 Å². The van der Waals surface area contributed by atoms with Crippen molar-refractivity contribution in [3.05, 3.63) is 0 Å². The van der Waals surface area contributed by atoms with Crippen LogP contribution in [0.25, 0.3) is 0 Å². The molecule has 0 aromatic heterocycles. The van der Waals surface area contributed by atoms with Gasteiger partial charge in [-0.1, -0.05) is 0 Å². The van der Waals surface area contributed by atoms with E-state index in [0.717, 1.165) is 0 Å². The fourth-order valence-electron chi connectivity index (χ4n) is 0.843. The van der Waals surface area contributed by atoms with Crippen LogP contribution < -0.4 is 0 Å². The van der Waals surface area contributed by atoms with Crippen molar-refractivity contribution >= 4 is 23.2 Å². The molecule has 0 aromatic rings. The summed E-state index contributed by atoms with van der Waals surface area (Å²) in [6.45, 7) is 1.19. The summed E-state index contributed by atoms with van der Waals surface area (Å²) in [6, 6.07) is 0. The predicted molar refractivity (Wildman–Crippen MR) is 40.9 cm³/mol. The Bertz CT molecular complexity index is 89.7. The van der Waals surface area contributed by atoms with Gasteiger partial charge in [0.05, 0.1) is 37.2 Å². The Hall–Kier alpha value is 0.500. The lowest BCUT2D eigenvalue weighted by Crippen LogP contribution is -2.38. The zero-order valence-corrected chi connectivity index (χ0v) is 7.07. The topological polar surface area (TPSA) is 18.5 Å². The number of hydrogen-bond acceptors (Lipinski definition) is 2. The van der Waals surface area contributed by atoms with Gasteiger partial charge in [0.15, 0.2) is 0 Å². The van der Waals surface area contributed by atoms with Gasteiger partial charge in [0.25, 0.3) is 0 Å². The van der Waals surface area contributed by atoms with Crippen molar-refractivity contribution in [1.29, 1.82) is 0 Å². The first-order valence-electron chi connectivity index (χ1n) is 3.22. The number of rotatable bonds is 2. The first-order chi connectivity index (χ1) is 4.86. The van der Waals surface area contributed by atoms with Crippen molar-refractivity contribution in [2.24, 2.45) is 0 Å². The Labute approximate surface area is 70.4 Å². The molecule has 0 aliphatic carbocycles. The van der Waals surface area contributed by atoms with E-state index in [0.29, 0.717) is 25.0 Å². The van der Waals surface area contributed by atoms with E-state index in [9.17, 15) is 0 Å². The van der Waals surface area contributed by atoms with Gasteiger partial charge < -0.3 is 9.47 Å². The minimum Gasteiger partial charge on any atom is -0.376 e. The monoisotopic (exact) mass is 184 g/mol. The highest BCUT2D eigenvalue weighted by Crippen LogP contribution is 2.09. The van der Waals surface area contributed by atoms with Gasteiger partial charge in [-0.25, -0.2) is 0 Å². The molecule has 0 bridgehead atoms. The summed E-state index contributed by atoms with van der Waals surface area (Å²) in [5, 5.41) is 0. The standard InChI is InChI=1S/C6H10Cl2O2/c7-1-5-3-9-4-6(2-8)10-5/h5-6H,1-4H2/t5-,6-/m1/s1. The molecule has 1 aliphatic heterocycles. The maximum Gasteiger partial charge on any atom is 0.0948 e. The predicted octanol–water partition coefficient (Wildman–Crippen LogP) is 1.25. The highest BCUT2D eigenvalue weighted by atomic mass is 35.5. The molecular formula is C6H10Cl2O2. The summed E-state index contributed by atoms with van der Waals surface area (Å²) in [7, 11) is 0. The van der Waals surface area contributed by atoms with E-state index in [4.69, 9.17) is 32.7 Å². The van der Waals surface area contributed by atoms with E-state index in [1.54, 1.807) is 0 Å². The molecular weight excluding hydrogens is 175 g/mol. The van der Waals surface area contributed by atoms with Crippen molar-refractivity contribution < 1.29 is 9.47 Å². The Balaban J connectivity index is 2.25. The molecule has 10 heavy (non-hydrogen) atoms. The summed E-state index contributed by atoms with van der Waals surface area (Å²) >= 11 is 11.1. The van der Waals surface area contributed by atoms with E-state index in [1.165, 1.54) is 0 Å². The smallest absolute Gasteiger partial charge is 0.0948 e. The zero-order chi connectivity index (χ0) is 7.40. The van der Waals surface area contributed by atoms with Crippen LogP contribution in [0.3, 0.4) is 0 Å². The first-order valence-corrected chi connectivity index (χ1v) is 4.29. The summed E-state index contributed by atoms with van der Waals surface area (Å²) in [4.78, 5) is 0. The molecule has 1 aliphatic rings. The van der Waals surface area contributed by atoms with Crippen LogP contribution in [0.15, 0.2) is 0 Å². The van der Waals surface area contributed by atoms with E-state index in [-0.39, 0.29) is 12.2 Å². The van der Waals surface area contributed by atoms with Crippen molar-refractivity contribution in [2.45, 2.75) is 12.2 Å². The second-order valence-corrected chi connectivity index (χ2v) is 2.84. The molecule has 0 spiro atoms. The normalized spacial score (nSPS) is 34.2. The van der Waals surface area contributed by atoms with Crippen LogP contribution in [0.2, 0.25) is 0 Å². The minimum absolute atomic E-state index is 0.0270. The summed E-state index contributed by atoms with van der Waals surface area (Å²) < 4.78 is 10.6. The first kappa shape index (κ1) is 8.60. The maximum absolute atomic E-state index is 5.55. The largest absolute Gasteiger partial charge is 0.376 e. The fraction of sp³-hybridized carbons (Fsp3) is 1.00. The van der Waals surface area contributed by atoms with Crippen LogP contribution in [0.5, 0.6) is 0 Å². The summed E-state index contributed by atoms with van der Waals surface area (Å²) in [5.74, 6) is 0.959. The molecule has 1 saturated heterocycles. The molecule has 0 N–H and O–H groups in total. The molecule has 60 valence electrons. The second-order valence-electron chi connectivity index (χ2n) is 2.23. The van der Waals surface area contributed by atoms with Crippen molar-refractivity contribution in [2.75, 3.05) is 25.0 Å². The number of ether oxygens (including phenoxy) is 2. The van der Waals surface area contributed by atoms with Crippen molar-refractivity contribution in [1.82, 2.24) is 0 Å². The van der Waals surface area contributed by atoms with Gasteiger partial charge in [-0.3, -0.25) is 0 Å². The average Bonchev–Trinajstić information content (AvgIpc) is 2.05. The summed E-state index contributed by atoms with van der Waals surface area (Å²) in [5.41, 5.74) is 0. The van der Waals surface area contributed by atoms with Crippen molar-refractivity contribution in [3.8, 4) is 0 Å². The zero-order valence-electron chi connectivity index (χ0n) is 5.56. The third-order valence-electron chi connectivity index (χ3n) is 1.34. The Morgan fingerprint density at radius 2 is 1.60 bits per heavy atom. The Morgan fingerprint density at radius 3 is 2.00 bits per heavy atom. The molecule has 4 heteroatoms. The number of alkyl halides is 2. The molecule has 0 saturated carbocycles. The molecule has 0 unspecified atom stereocenters. The lowest BCUT2D eigenvalue weighted by Gasteiger charge is -2.27. The van der Waals surface area contributed by atoms with Crippen LogP contribution in [0.1, 0.15) is 0 Å². The Morgan fingerprint density at radius 1 is 1.10 bits per heavy atom.